The summed E-state index contributed by atoms with van der Waals surface area (Å²) in [7, 11) is 0. The summed E-state index contributed by atoms with van der Waals surface area (Å²) in [6, 6.07) is 7.74. The monoisotopic (exact) mass is 389 g/mol. The molecule has 1 N–H and O–H groups in total. The Morgan fingerprint density at radius 1 is 1.50 bits per heavy atom. The SMILES string of the molecule is CC(NC1CCCc2sc(I)cc21)c1cccs1. The first kappa shape index (κ1) is 13.1. The lowest BCUT2D eigenvalue weighted by atomic mass is 9.93. The van der Waals surface area contributed by atoms with Gasteiger partial charge in [0.25, 0.3) is 0 Å². The molecule has 2 aromatic heterocycles. The van der Waals surface area contributed by atoms with Crippen molar-refractivity contribution < 1.29 is 0 Å². The first-order chi connectivity index (χ1) is 8.74. The second-order valence-electron chi connectivity index (χ2n) is 4.78. The number of aryl methyl sites for hydroxylation is 1. The molecule has 0 aliphatic heterocycles. The molecule has 3 rings (SSSR count). The second-order valence-corrected chi connectivity index (χ2v) is 8.79. The first-order valence-electron chi connectivity index (χ1n) is 6.31. The van der Waals surface area contributed by atoms with Gasteiger partial charge >= 0.3 is 0 Å². The third-order valence-corrected chi connectivity index (χ3v) is 6.53. The van der Waals surface area contributed by atoms with Crippen LogP contribution in [0.1, 0.15) is 47.2 Å². The summed E-state index contributed by atoms with van der Waals surface area (Å²) in [6.07, 6.45) is 3.86. The molecule has 0 saturated heterocycles. The van der Waals surface area contributed by atoms with Gasteiger partial charge in [0, 0.05) is 21.8 Å². The Labute approximate surface area is 130 Å². The number of halogens is 1. The molecule has 0 amide bonds. The highest BCUT2D eigenvalue weighted by Crippen LogP contribution is 2.37. The highest BCUT2D eigenvalue weighted by atomic mass is 127. The van der Waals surface area contributed by atoms with Crippen LogP contribution in [0, 0.1) is 2.88 Å². The van der Waals surface area contributed by atoms with E-state index in [0.29, 0.717) is 12.1 Å². The molecule has 1 aliphatic carbocycles. The molecule has 0 aromatic carbocycles. The van der Waals surface area contributed by atoms with Crippen LogP contribution in [0.25, 0.3) is 0 Å². The maximum absolute atomic E-state index is 3.80. The zero-order valence-electron chi connectivity index (χ0n) is 10.3. The van der Waals surface area contributed by atoms with Gasteiger partial charge in [0.2, 0.25) is 0 Å². The summed E-state index contributed by atoms with van der Waals surface area (Å²) in [4.78, 5) is 3.04. The van der Waals surface area contributed by atoms with Crippen LogP contribution in [-0.4, -0.2) is 0 Å². The van der Waals surface area contributed by atoms with Crippen molar-refractivity contribution in [1.29, 1.82) is 0 Å². The van der Waals surface area contributed by atoms with Gasteiger partial charge in [0.1, 0.15) is 0 Å². The second kappa shape index (κ2) is 5.61. The van der Waals surface area contributed by atoms with Crippen LogP contribution in [0.5, 0.6) is 0 Å². The fourth-order valence-corrected chi connectivity index (χ4v) is 5.48. The van der Waals surface area contributed by atoms with Gasteiger partial charge in [-0.15, -0.1) is 22.7 Å². The number of hydrogen-bond acceptors (Lipinski definition) is 3. The minimum Gasteiger partial charge on any atom is -0.303 e. The molecule has 0 saturated carbocycles. The molecular formula is C14H16INS2. The van der Waals surface area contributed by atoms with Gasteiger partial charge in [0.15, 0.2) is 0 Å². The molecular weight excluding hydrogens is 373 g/mol. The molecule has 18 heavy (non-hydrogen) atoms. The molecule has 2 aromatic rings. The number of thiophene rings is 2. The fourth-order valence-electron chi connectivity index (χ4n) is 2.62. The first-order valence-corrected chi connectivity index (χ1v) is 9.09. The molecule has 1 nitrogen and oxygen atoms in total. The third-order valence-electron chi connectivity index (χ3n) is 3.50. The Bertz CT molecular complexity index is 518. The quantitative estimate of drug-likeness (QED) is 0.717. The van der Waals surface area contributed by atoms with Gasteiger partial charge in [-0.25, -0.2) is 0 Å². The molecule has 2 unspecified atom stereocenters. The predicted octanol–water partition coefficient (Wildman–Crippen LogP) is 5.14. The average molecular weight is 389 g/mol. The third kappa shape index (κ3) is 2.66. The van der Waals surface area contributed by atoms with Crippen LogP contribution >= 0.6 is 45.3 Å². The molecule has 2 atom stereocenters. The van der Waals surface area contributed by atoms with E-state index in [4.69, 9.17) is 0 Å². The Balaban J connectivity index is 1.78. The number of hydrogen-bond donors (Lipinski definition) is 1. The minimum atomic E-state index is 0.457. The summed E-state index contributed by atoms with van der Waals surface area (Å²) in [5.41, 5.74) is 1.55. The van der Waals surface area contributed by atoms with E-state index in [1.165, 1.54) is 27.0 Å². The Morgan fingerprint density at radius 3 is 3.17 bits per heavy atom. The lowest BCUT2D eigenvalue weighted by Gasteiger charge is -2.26. The van der Waals surface area contributed by atoms with E-state index in [1.807, 2.05) is 22.7 Å². The van der Waals surface area contributed by atoms with E-state index in [-0.39, 0.29) is 0 Å². The largest absolute Gasteiger partial charge is 0.303 e. The molecule has 2 heterocycles. The standard InChI is InChI=1S/C14H16INS2/c1-9(12-6-3-7-17-12)16-11-4-2-5-13-10(11)8-14(15)18-13/h3,6-9,11,16H,2,4-5H2,1H3. The van der Waals surface area contributed by atoms with Gasteiger partial charge in [-0.05, 0) is 71.9 Å². The number of rotatable bonds is 3. The normalized spacial score (nSPS) is 20.7. The molecule has 0 bridgehead atoms. The summed E-state index contributed by atoms with van der Waals surface area (Å²) < 4.78 is 1.43. The topological polar surface area (TPSA) is 12.0 Å². The predicted molar refractivity (Wildman–Crippen MR) is 88.6 cm³/mol. The van der Waals surface area contributed by atoms with Crippen LogP contribution in [0.15, 0.2) is 23.6 Å². The van der Waals surface area contributed by atoms with Crippen molar-refractivity contribution >= 4 is 45.3 Å². The van der Waals surface area contributed by atoms with Gasteiger partial charge in [-0.2, -0.15) is 0 Å². The Kier molecular flexibility index (Phi) is 4.08. The van der Waals surface area contributed by atoms with Crippen molar-refractivity contribution in [2.24, 2.45) is 0 Å². The molecule has 1 aliphatic rings. The van der Waals surface area contributed by atoms with Crippen LogP contribution in [-0.2, 0) is 6.42 Å². The van der Waals surface area contributed by atoms with Crippen molar-refractivity contribution in [3.63, 3.8) is 0 Å². The van der Waals surface area contributed by atoms with E-state index in [2.05, 4.69) is 58.4 Å². The van der Waals surface area contributed by atoms with E-state index in [9.17, 15) is 0 Å². The summed E-state index contributed by atoms with van der Waals surface area (Å²) in [5, 5.41) is 5.96. The van der Waals surface area contributed by atoms with E-state index >= 15 is 0 Å². The van der Waals surface area contributed by atoms with Crippen molar-refractivity contribution in [3.8, 4) is 0 Å². The highest BCUT2D eigenvalue weighted by Gasteiger charge is 2.24. The fraction of sp³-hybridized carbons (Fsp3) is 0.429. The van der Waals surface area contributed by atoms with Gasteiger partial charge in [-0.1, -0.05) is 6.07 Å². The van der Waals surface area contributed by atoms with E-state index < -0.39 is 0 Å². The summed E-state index contributed by atoms with van der Waals surface area (Å²) in [5.74, 6) is 0. The lowest BCUT2D eigenvalue weighted by molar-refractivity contribution is 0.421. The smallest absolute Gasteiger partial charge is 0.0659 e. The van der Waals surface area contributed by atoms with Gasteiger partial charge in [-0.3, -0.25) is 0 Å². The Morgan fingerprint density at radius 2 is 2.39 bits per heavy atom. The average Bonchev–Trinajstić information content (AvgIpc) is 2.96. The van der Waals surface area contributed by atoms with Crippen LogP contribution in [0.3, 0.4) is 0 Å². The zero-order valence-corrected chi connectivity index (χ0v) is 14.1. The maximum Gasteiger partial charge on any atom is 0.0659 e. The molecule has 0 spiro atoms. The number of nitrogens with one attached hydrogen (secondary N) is 1. The summed E-state index contributed by atoms with van der Waals surface area (Å²) in [6.45, 7) is 2.28. The lowest BCUT2D eigenvalue weighted by Crippen LogP contribution is -2.26. The van der Waals surface area contributed by atoms with Crippen LogP contribution < -0.4 is 5.32 Å². The van der Waals surface area contributed by atoms with Crippen molar-refractivity contribution in [2.45, 2.75) is 38.3 Å². The van der Waals surface area contributed by atoms with Gasteiger partial charge < -0.3 is 5.32 Å². The highest BCUT2D eigenvalue weighted by molar-refractivity contribution is 14.1. The van der Waals surface area contributed by atoms with Crippen LogP contribution in [0.2, 0.25) is 0 Å². The zero-order chi connectivity index (χ0) is 12.5. The Hall–Kier alpha value is 0.0900. The van der Waals surface area contributed by atoms with Gasteiger partial charge in [0.05, 0.1) is 2.88 Å². The van der Waals surface area contributed by atoms with E-state index in [1.54, 1.807) is 10.4 Å². The van der Waals surface area contributed by atoms with Crippen molar-refractivity contribution in [2.75, 3.05) is 0 Å². The van der Waals surface area contributed by atoms with E-state index in [0.717, 1.165) is 0 Å². The minimum absolute atomic E-state index is 0.457. The number of fused-ring (bicyclic) bond motifs is 1. The molecule has 0 fully saturated rings. The van der Waals surface area contributed by atoms with Crippen molar-refractivity contribution in [3.05, 3.63) is 41.8 Å². The van der Waals surface area contributed by atoms with Crippen molar-refractivity contribution in [1.82, 2.24) is 5.32 Å². The molecule has 0 radical (unpaired) electrons. The van der Waals surface area contributed by atoms with Crippen LogP contribution in [0.4, 0.5) is 0 Å². The summed E-state index contributed by atoms with van der Waals surface area (Å²) >= 11 is 6.26. The molecule has 4 heteroatoms. The molecule has 96 valence electrons. The maximum atomic E-state index is 3.80.